The standard InChI is InChI=1S/C23H21ClF2N4O2/c1-14-4-6-17(12-18(14)24)30-22(31)9-8-21(28-30)29-10-2-3-15(13-29)23(32)27-20-11-16(25)5-7-19(20)26/h4-9,11-12,15H,2-3,10,13H2,1H3,(H,27,32). The summed E-state index contributed by atoms with van der Waals surface area (Å²) in [5.41, 5.74) is 0.941. The largest absolute Gasteiger partial charge is 0.354 e. The van der Waals surface area contributed by atoms with Crippen LogP contribution in [0, 0.1) is 24.5 Å². The molecular weight excluding hydrogens is 438 g/mol. The van der Waals surface area contributed by atoms with E-state index in [-0.39, 0.29) is 11.2 Å². The van der Waals surface area contributed by atoms with Gasteiger partial charge in [0.15, 0.2) is 0 Å². The Kier molecular flexibility index (Phi) is 6.23. The first-order valence-electron chi connectivity index (χ1n) is 10.2. The van der Waals surface area contributed by atoms with E-state index in [0.717, 1.165) is 23.8 Å². The maximum Gasteiger partial charge on any atom is 0.271 e. The Morgan fingerprint density at radius 2 is 1.97 bits per heavy atom. The van der Waals surface area contributed by atoms with Crippen molar-refractivity contribution in [3.8, 4) is 5.69 Å². The zero-order valence-electron chi connectivity index (χ0n) is 17.3. The summed E-state index contributed by atoms with van der Waals surface area (Å²) >= 11 is 6.20. The van der Waals surface area contributed by atoms with Crippen LogP contribution in [0.5, 0.6) is 0 Å². The molecule has 1 fully saturated rings. The van der Waals surface area contributed by atoms with Gasteiger partial charge in [-0.3, -0.25) is 9.59 Å². The Labute approximate surface area is 188 Å². The molecule has 32 heavy (non-hydrogen) atoms. The predicted molar refractivity (Wildman–Crippen MR) is 120 cm³/mol. The number of carbonyl (C=O) groups is 1. The molecule has 0 bridgehead atoms. The number of carbonyl (C=O) groups excluding carboxylic acids is 1. The molecule has 2 aromatic carbocycles. The minimum absolute atomic E-state index is 0.185. The summed E-state index contributed by atoms with van der Waals surface area (Å²) < 4.78 is 28.6. The van der Waals surface area contributed by atoms with Crippen LogP contribution in [0.3, 0.4) is 0 Å². The van der Waals surface area contributed by atoms with Crippen LogP contribution < -0.4 is 15.8 Å². The van der Waals surface area contributed by atoms with Gasteiger partial charge in [0.1, 0.15) is 17.5 Å². The number of amides is 1. The van der Waals surface area contributed by atoms with E-state index in [2.05, 4.69) is 10.4 Å². The minimum Gasteiger partial charge on any atom is -0.354 e. The number of nitrogens with one attached hydrogen (secondary N) is 1. The van der Waals surface area contributed by atoms with Crippen LogP contribution in [0.2, 0.25) is 5.02 Å². The molecule has 1 amide bonds. The van der Waals surface area contributed by atoms with Gasteiger partial charge in [-0.15, -0.1) is 5.10 Å². The van der Waals surface area contributed by atoms with Gasteiger partial charge in [-0.25, -0.2) is 8.78 Å². The minimum atomic E-state index is -0.696. The number of aromatic nitrogens is 2. The third-order valence-electron chi connectivity index (χ3n) is 5.49. The molecule has 1 aliphatic heterocycles. The molecule has 0 saturated carbocycles. The molecule has 166 valence electrons. The van der Waals surface area contributed by atoms with E-state index < -0.39 is 23.5 Å². The summed E-state index contributed by atoms with van der Waals surface area (Å²) in [6, 6.07) is 11.2. The average molecular weight is 459 g/mol. The Morgan fingerprint density at radius 3 is 2.75 bits per heavy atom. The molecule has 0 spiro atoms. The zero-order chi connectivity index (χ0) is 22.8. The molecule has 4 rings (SSSR count). The normalized spacial score (nSPS) is 16.1. The Hall–Kier alpha value is -3.26. The smallest absolute Gasteiger partial charge is 0.271 e. The fourth-order valence-electron chi connectivity index (χ4n) is 3.70. The molecule has 1 saturated heterocycles. The quantitative estimate of drug-likeness (QED) is 0.632. The van der Waals surface area contributed by atoms with Crippen LogP contribution in [0.25, 0.3) is 5.69 Å². The summed E-state index contributed by atoms with van der Waals surface area (Å²) in [4.78, 5) is 27.0. The highest BCUT2D eigenvalue weighted by Crippen LogP contribution is 2.24. The van der Waals surface area contributed by atoms with E-state index in [4.69, 9.17) is 11.6 Å². The number of aryl methyl sites for hydroxylation is 1. The van der Waals surface area contributed by atoms with Gasteiger partial charge >= 0.3 is 0 Å². The maximum absolute atomic E-state index is 13.9. The number of benzene rings is 2. The zero-order valence-corrected chi connectivity index (χ0v) is 18.1. The lowest BCUT2D eigenvalue weighted by Crippen LogP contribution is -2.42. The van der Waals surface area contributed by atoms with Gasteiger partial charge in [-0.2, -0.15) is 4.68 Å². The number of piperidine rings is 1. The van der Waals surface area contributed by atoms with Gasteiger partial charge in [-0.1, -0.05) is 17.7 Å². The third-order valence-corrected chi connectivity index (χ3v) is 5.90. The van der Waals surface area contributed by atoms with Gasteiger partial charge in [0.2, 0.25) is 5.91 Å². The van der Waals surface area contributed by atoms with Crippen molar-refractivity contribution in [2.75, 3.05) is 23.3 Å². The number of rotatable bonds is 4. The lowest BCUT2D eigenvalue weighted by molar-refractivity contribution is -0.120. The van der Waals surface area contributed by atoms with Crippen LogP contribution in [0.1, 0.15) is 18.4 Å². The maximum atomic E-state index is 13.9. The summed E-state index contributed by atoms with van der Waals surface area (Å²) in [5.74, 6) is -1.62. The first-order chi connectivity index (χ1) is 15.3. The van der Waals surface area contributed by atoms with E-state index in [0.29, 0.717) is 42.5 Å². The number of anilines is 2. The molecule has 3 aromatic rings. The number of hydrogen-bond acceptors (Lipinski definition) is 4. The van der Waals surface area contributed by atoms with E-state index >= 15 is 0 Å². The van der Waals surface area contributed by atoms with E-state index in [9.17, 15) is 18.4 Å². The van der Waals surface area contributed by atoms with Gasteiger partial charge in [0.05, 0.1) is 17.3 Å². The Morgan fingerprint density at radius 1 is 1.16 bits per heavy atom. The monoisotopic (exact) mass is 458 g/mol. The number of halogens is 3. The lowest BCUT2D eigenvalue weighted by atomic mass is 9.97. The first kappa shape index (κ1) is 22.0. The molecule has 9 heteroatoms. The number of hydrogen-bond donors (Lipinski definition) is 1. The molecule has 0 aliphatic carbocycles. The van der Waals surface area contributed by atoms with Crippen LogP contribution in [0.15, 0.2) is 53.3 Å². The van der Waals surface area contributed by atoms with Gasteiger partial charge in [0, 0.05) is 30.2 Å². The molecule has 1 unspecified atom stereocenters. The highest BCUT2D eigenvalue weighted by Gasteiger charge is 2.27. The van der Waals surface area contributed by atoms with Crippen molar-refractivity contribution in [2.24, 2.45) is 5.92 Å². The van der Waals surface area contributed by atoms with Gasteiger partial charge < -0.3 is 10.2 Å². The van der Waals surface area contributed by atoms with Crippen molar-refractivity contribution >= 4 is 29.0 Å². The topological polar surface area (TPSA) is 67.2 Å². The van der Waals surface area contributed by atoms with Crippen molar-refractivity contribution in [3.63, 3.8) is 0 Å². The SMILES string of the molecule is Cc1ccc(-n2nc(N3CCCC(C(=O)Nc4cc(F)ccc4F)C3)ccc2=O)cc1Cl. The molecule has 1 aromatic heterocycles. The molecule has 2 heterocycles. The summed E-state index contributed by atoms with van der Waals surface area (Å²) in [6.07, 6.45) is 1.31. The fourth-order valence-corrected chi connectivity index (χ4v) is 3.87. The van der Waals surface area contributed by atoms with Gasteiger partial charge in [-0.05, 0) is 55.7 Å². The Balaban J connectivity index is 1.54. The van der Waals surface area contributed by atoms with Crippen LogP contribution >= 0.6 is 11.6 Å². The second-order valence-corrected chi connectivity index (χ2v) is 8.18. The van der Waals surface area contributed by atoms with Crippen molar-refractivity contribution < 1.29 is 13.6 Å². The van der Waals surface area contributed by atoms with Crippen LogP contribution in [-0.4, -0.2) is 28.8 Å². The van der Waals surface area contributed by atoms with Crippen molar-refractivity contribution in [1.29, 1.82) is 0 Å². The molecular formula is C23H21ClF2N4O2. The fraction of sp³-hybridized carbons (Fsp3) is 0.261. The molecule has 0 radical (unpaired) electrons. The second-order valence-electron chi connectivity index (χ2n) is 7.77. The third kappa shape index (κ3) is 4.65. The van der Waals surface area contributed by atoms with Crippen molar-refractivity contribution in [1.82, 2.24) is 9.78 Å². The van der Waals surface area contributed by atoms with Crippen LogP contribution in [0.4, 0.5) is 20.3 Å². The van der Waals surface area contributed by atoms with E-state index in [1.165, 1.54) is 10.7 Å². The van der Waals surface area contributed by atoms with E-state index in [1.54, 1.807) is 18.2 Å². The first-order valence-corrected chi connectivity index (χ1v) is 10.6. The predicted octanol–water partition coefficient (Wildman–Crippen LogP) is 4.33. The highest BCUT2D eigenvalue weighted by atomic mass is 35.5. The molecule has 1 aliphatic rings. The number of nitrogens with zero attached hydrogens (tertiary/aromatic N) is 3. The van der Waals surface area contributed by atoms with Crippen LogP contribution in [-0.2, 0) is 4.79 Å². The molecule has 1 atom stereocenters. The summed E-state index contributed by atoms with van der Waals surface area (Å²) in [6.45, 7) is 2.86. The van der Waals surface area contributed by atoms with Crippen molar-refractivity contribution in [3.05, 3.63) is 81.1 Å². The van der Waals surface area contributed by atoms with E-state index in [1.807, 2.05) is 17.9 Å². The second kappa shape index (κ2) is 9.08. The average Bonchev–Trinajstić information content (AvgIpc) is 2.78. The lowest BCUT2D eigenvalue weighted by Gasteiger charge is -2.33. The highest BCUT2D eigenvalue weighted by molar-refractivity contribution is 6.31. The molecule has 6 nitrogen and oxygen atoms in total. The van der Waals surface area contributed by atoms with Gasteiger partial charge in [0.25, 0.3) is 5.56 Å². The Bertz CT molecular complexity index is 1230. The summed E-state index contributed by atoms with van der Waals surface area (Å²) in [5, 5.41) is 7.48. The summed E-state index contributed by atoms with van der Waals surface area (Å²) in [7, 11) is 0. The van der Waals surface area contributed by atoms with Crippen molar-refractivity contribution in [2.45, 2.75) is 19.8 Å². The molecule has 1 N–H and O–H groups in total.